The van der Waals surface area contributed by atoms with Crippen LogP contribution in [0.5, 0.6) is 5.75 Å². The number of likely N-dealkylation sites (N-methyl/N-ethyl adjacent to an activating group) is 2. The summed E-state index contributed by atoms with van der Waals surface area (Å²) in [5.41, 5.74) is 1.82. The second kappa shape index (κ2) is 5.05. The molecular formula is C12H17N3O2. The van der Waals surface area contributed by atoms with Crippen LogP contribution in [0, 0.1) is 0 Å². The summed E-state index contributed by atoms with van der Waals surface area (Å²) >= 11 is 0. The number of anilines is 2. The molecule has 92 valence electrons. The minimum absolute atomic E-state index is 0.0587. The Balaban J connectivity index is 2.13. The molecule has 0 aliphatic carbocycles. The topological polar surface area (TPSA) is 53.6 Å². The zero-order valence-electron chi connectivity index (χ0n) is 10.1. The molecule has 0 bridgehead atoms. The molecule has 0 unspecified atom stereocenters. The van der Waals surface area contributed by atoms with Gasteiger partial charge in [-0.25, -0.2) is 0 Å². The summed E-state index contributed by atoms with van der Waals surface area (Å²) in [6, 6.07) is 5.71. The van der Waals surface area contributed by atoms with Crippen molar-refractivity contribution in [1.82, 2.24) is 5.32 Å². The lowest BCUT2D eigenvalue weighted by atomic mass is 10.2. The monoisotopic (exact) mass is 235 g/mol. The van der Waals surface area contributed by atoms with Gasteiger partial charge in [0.1, 0.15) is 12.4 Å². The molecule has 5 heteroatoms. The molecule has 1 amide bonds. The Morgan fingerprint density at radius 2 is 2.35 bits per heavy atom. The highest BCUT2D eigenvalue weighted by atomic mass is 16.5. The van der Waals surface area contributed by atoms with Gasteiger partial charge in [-0.05, 0) is 19.2 Å². The first-order valence-corrected chi connectivity index (χ1v) is 5.63. The number of nitrogens with one attached hydrogen (secondary N) is 2. The fourth-order valence-corrected chi connectivity index (χ4v) is 1.80. The predicted octanol–water partition coefficient (Wildman–Crippen LogP) is 0.673. The molecule has 2 N–H and O–H groups in total. The Morgan fingerprint density at radius 1 is 1.53 bits per heavy atom. The van der Waals surface area contributed by atoms with E-state index < -0.39 is 0 Å². The van der Waals surface area contributed by atoms with Crippen molar-refractivity contribution in [2.75, 3.05) is 44.0 Å². The number of ether oxygens (including phenoxy) is 1. The summed E-state index contributed by atoms with van der Waals surface area (Å²) in [5.74, 6) is 0.762. The van der Waals surface area contributed by atoms with E-state index >= 15 is 0 Å². The summed E-state index contributed by atoms with van der Waals surface area (Å²) < 4.78 is 5.57. The van der Waals surface area contributed by atoms with Gasteiger partial charge in [0.2, 0.25) is 5.91 Å². The Morgan fingerprint density at radius 3 is 3.12 bits per heavy atom. The number of rotatable bonds is 3. The van der Waals surface area contributed by atoms with Crippen LogP contribution in [0.3, 0.4) is 0 Å². The van der Waals surface area contributed by atoms with Crippen molar-refractivity contribution in [3.05, 3.63) is 18.2 Å². The Bertz CT molecular complexity index is 420. The van der Waals surface area contributed by atoms with E-state index in [1.165, 1.54) is 0 Å². The van der Waals surface area contributed by atoms with E-state index in [9.17, 15) is 4.79 Å². The molecule has 0 aromatic heterocycles. The summed E-state index contributed by atoms with van der Waals surface area (Å²) in [6.07, 6.45) is 0. The maximum atomic E-state index is 11.4. The summed E-state index contributed by atoms with van der Waals surface area (Å²) in [7, 11) is 3.77. The van der Waals surface area contributed by atoms with Crippen LogP contribution in [0.2, 0.25) is 0 Å². The molecule has 1 heterocycles. The highest BCUT2D eigenvalue weighted by Gasteiger charge is 2.15. The van der Waals surface area contributed by atoms with Gasteiger partial charge in [0.15, 0.2) is 0 Å². The predicted molar refractivity (Wildman–Crippen MR) is 67.8 cm³/mol. The first kappa shape index (κ1) is 11.7. The van der Waals surface area contributed by atoms with Crippen LogP contribution in [-0.2, 0) is 4.79 Å². The average molecular weight is 235 g/mol. The van der Waals surface area contributed by atoms with Crippen LogP contribution in [0.1, 0.15) is 0 Å². The molecule has 1 aromatic carbocycles. The third-order valence-electron chi connectivity index (χ3n) is 2.68. The number of benzene rings is 1. The number of hydrogen-bond donors (Lipinski definition) is 2. The van der Waals surface area contributed by atoms with Crippen molar-refractivity contribution in [1.29, 1.82) is 0 Å². The van der Waals surface area contributed by atoms with E-state index in [-0.39, 0.29) is 5.91 Å². The summed E-state index contributed by atoms with van der Waals surface area (Å²) in [4.78, 5) is 13.6. The van der Waals surface area contributed by atoms with Gasteiger partial charge in [-0.3, -0.25) is 4.79 Å². The van der Waals surface area contributed by atoms with Crippen LogP contribution in [0.25, 0.3) is 0 Å². The molecular weight excluding hydrogens is 218 g/mol. The standard InChI is InChI=1S/C12H17N3O2/c1-13-8-12(16)14-9-3-4-10-11(7-9)17-6-5-15(10)2/h3-4,7,13H,5-6,8H2,1-2H3,(H,14,16). The van der Waals surface area contributed by atoms with Gasteiger partial charge in [0.05, 0.1) is 18.8 Å². The van der Waals surface area contributed by atoms with Gasteiger partial charge in [-0.15, -0.1) is 0 Å². The van der Waals surface area contributed by atoms with Gasteiger partial charge in [0, 0.05) is 18.8 Å². The minimum atomic E-state index is -0.0587. The van der Waals surface area contributed by atoms with Crippen LogP contribution in [0.4, 0.5) is 11.4 Å². The molecule has 1 aliphatic rings. The van der Waals surface area contributed by atoms with Crippen molar-refractivity contribution in [3.8, 4) is 5.75 Å². The Kier molecular flexibility index (Phi) is 3.49. The van der Waals surface area contributed by atoms with Gasteiger partial charge in [0.25, 0.3) is 0 Å². The average Bonchev–Trinajstić information content (AvgIpc) is 2.29. The molecule has 1 aliphatic heterocycles. The molecule has 0 fully saturated rings. The van der Waals surface area contributed by atoms with Gasteiger partial charge in [-0.2, -0.15) is 0 Å². The molecule has 5 nitrogen and oxygen atoms in total. The zero-order valence-corrected chi connectivity index (χ0v) is 10.1. The van der Waals surface area contributed by atoms with E-state index in [2.05, 4.69) is 15.5 Å². The molecule has 0 saturated heterocycles. The Labute approximate surface area is 101 Å². The van der Waals surface area contributed by atoms with Gasteiger partial charge < -0.3 is 20.3 Å². The van der Waals surface area contributed by atoms with Crippen LogP contribution in [-0.4, -0.2) is 39.7 Å². The fourth-order valence-electron chi connectivity index (χ4n) is 1.80. The number of carbonyl (C=O) groups is 1. The van der Waals surface area contributed by atoms with Crippen LogP contribution < -0.4 is 20.3 Å². The van der Waals surface area contributed by atoms with Crippen molar-refractivity contribution in [3.63, 3.8) is 0 Å². The van der Waals surface area contributed by atoms with E-state index in [1.807, 2.05) is 25.2 Å². The van der Waals surface area contributed by atoms with Crippen LogP contribution in [0.15, 0.2) is 18.2 Å². The zero-order chi connectivity index (χ0) is 12.3. The van der Waals surface area contributed by atoms with Gasteiger partial charge >= 0.3 is 0 Å². The van der Waals surface area contributed by atoms with Crippen LogP contribution >= 0.6 is 0 Å². The first-order valence-electron chi connectivity index (χ1n) is 5.63. The second-order valence-electron chi connectivity index (χ2n) is 4.03. The SMILES string of the molecule is CNCC(=O)Nc1ccc2c(c1)OCCN2C. The number of carbonyl (C=O) groups excluding carboxylic acids is 1. The summed E-state index contributed by atoms with van der Waals surface area (Å²) in [5, 5.41) is 5.61. The summed E-state index contributed by atoms with van der Waals surface area (Å²) in [6.45, 7) is 1.87. The van der Waals surface area contributed by atoms with E-state index in [0.29, 0.717) is 13.2 Å². The quantitative estimate of drug-likeness (QED) is 0.808. The fraction of sp³-hybridized carbons (Fsp3) is 0.417. The van der Waals surface area contributed by atoms with E-state index in [4.69, 9.17) is 4.74 Å². The molecule has 0 atom stereocenters. The smallest absolute Gasteiger partial charge is 0.238 e. The van der Waals surface area contributed by atoms with Crippen molar-refractivity contribution >= 4 is 17.3 Å². The maximum absolute atomic E-state index is 11.4. The molecule has 2 rings (SSSR count). The number of hydrogen-bond acceptors (Lipinski definition) is 4. The Hall–Kier alpha value is -1.75. The lowest BCUT2D eigenvalue weighted by molar-refractivity contribution is -0.115. The minimum Gasteiger partial charge on any atom is -0.489 e. The molecule has 0 spiro atoms. The molecule has 1 aromatic rings. The third kappa shape index (κ3) is 2.68. The van der Waals surface area contributed by atoms with Crippen molar-refractivity contribution < 1.29 is 9.53 Å². The van der Waals surface area contributed by atoms with Crippen molar-refractivity contribution in [2.45, 2.75) is 0 Å². The lowest BCUT2D eigenvalue weighted by Crippen LogP contribution is -2.29. The normalized spacial score (nSPS) is 13.9. The highest BCUT2D eigenvalue weighted by molar-refractivity contribution is 5.92. The highest BCUT2D eigenvalue weighted by Crippen LogP contribution is 2.32. The van der Waals surface area contributed by atoms with E-state index in [0.717, 1.165) is 23.7 Å². The first-order chi connectivity index (χ1) is 8.20. The molecule has 0 saturated carbocycles. The van der Waals surface area contributed by atoms with Crippen molar-refractivity contribution in [2.24, 2.45) is 0 Å². The molecule has 17 heavy (non-hydrogen) atoms. The lowest BCUT2D eigenvalue weighted by Gasteiger charge is -2.27. The van der Waals surface area contributed by atoms with Gasteiger partial charge in [-0.1, -0.05) is 0 Å². The van der Waals surface area contributed by atoms with E-state index in [1.54, 1.807) is 7.05 Å². The number of fused-ring (bicyclic) bond motifs is 1. The number of amides is 1. The third-order valence-corrected chi connectivity index (χ3v) is 2.68. The maximum Gasteiger partial charge on any atom is 0.238 e. The number of nitrogens with zero attached hydrogens (tertiary/aromatic N) is 1. The second-order valence-corrected chi connectivity index (χ2v) is 4.03. The molecule has 0 radical (unpaired) electrons. The largest absolute Gasteiger partial charge is 0.489 e.